The smallest absolute Gasteiger partial charge is 0.255 e. The molecule has 0 spiro atoms. The van der Waals surface area contributed by atoms with Gasteiger partial charge in [0.2, 0.25) is 0 Å². The Morgan fingerprint density at radius 1 is 0.750 bits per heavy atom. The molecule has 0 amide bonds. The zero-order valence-electron chi connectivity index (χ0n) is 8.04. The lowest BCUT2D eigenvalue weighted by Gasteiger charge is -2.00. The van der Waals surface area contributed by atoms with Crippen LogP contribution >= 0.6 is 0 Å². The van der Waals surface area contributed by atoms with E-state index in [9.17, 15) is 18.4 Å². The maximum Gasteiger partial charge on any atom is 0.332 e. The van der Waals surface area contributed by atoms with Crippen molar-refractivity contribution in [3.05, 3.63) is 47.5 Å². The summed E-state index contributed by atoms with van der Waals surface area (Å²) in [7, 11) is 0. The Bertz CT molecular complexity index is 537. The number of hydrogen-bond acceptors (Lipinski definition) is 2. The molecule has 0 N–H and O–H groups in total. The predicted octanol–water partition coefficient (Wildman–Crippen LogP) is 3.06. The fourth-order valence-corrected chi connectivity index (χ4v) is 1.49. The van der Waals surface area contributed by atoms with Crippen LogP contribution in [0, 0.1) is 0 Å². The summed E-state index contributed by atoms with van der Waals surface area (Å²) in [6.45, 7) is 0. The summed E-state index contributed by atoms with van der Waals surface area (Å²) in [6, 6.07) is 5.17. The maximum atomic E-state index is 12.4. The number of hydrogen-bond donors (Lipinski definition) is 0. The summed E-state index contributed by atoms with van der Waals surface area (Å²) in [4.78, 5) is 21.0. The number of halogens is 2. The Labute approximate surface area is 89.5 Å². The van der Waals surface area contributed by atoms with Gasteiger partial charge in [-0.2, -0.15) is 8.78 Å². The van der Waals surface area contributed by atoms with Gasteiger partial charge in [-0.3, -0.25) is 9.59 Å². The van der Waals surface area contributed by atoms with Gasteiger partial charge in [0.15, 0.2) is 0 Å². The van der Waals surface area contributed by atoms with Gasteiger partial charge >= 0.3 is 12.1 Å². The van der Waals surface area contributed by atoms with Crippen LogP contribution < -0.4 is 0 Å². The minimum Gasteiger partial charge on any atom is -0.255 e. The molecule has 2 aromatic carbocycles. The Balaban J connectivity index is 2.61. The summed E-state index contributed by atoms with van der Waals surface area (Å²) >= 11 is 0. The minimum absolute atomic E-state index is 0.0631. The van der Waals surface area contributed by atoms with Crippen LogP contribution in [0.4, 0.5) is 8.78 Å². The SMILES string of the molecule is O=C(F)c1ccc2cc(C(=O)F)ccc2c1. The monoisotopic (exact) mass is 220 g/mol. The van der Waals surface area contributed by atoms with E-state index >= 15 is 0 Å². The standard InChI is InChI=1S/C12H6F2O2/c13-11(15)9-3-1-7-5-10(12(14)16)4-2-8(7)6-9/h1-6H. The molecule has 0 fully saturated rings. The highest BCUT2D eigenvalue weighted by molar-refractivity contribution is 5.98. The summed E-state index contributed by atoms with van der Waals surface area (Å²) in [5.41, 5.74) is -0.126. The average molecular weight is 220 g/mol. The first-order valence-corrected chi connectivity index (χ1v) is 4.51. The molecule has 0 aliphatic carbocycles. The number of fused-ring (bicyclic) bond motifs is 1. The van der Waals surface area contributed by atoms with Crippen molar-refractivity contribution >= 4 is 22.8 Å². The van der Waals surface area contributed by atoms with E-state index in [2.05, 4.69) is 0 Å². The van der Waals surface area contributed by atoms with Crippen molar-refractivity contribution in [3.63, 3.8) is 0 Å². The Hall–Kier alpha value is -2.10. The molecule has 0 aliphatic heterocycles. The molecule has 0 saturated carbocycles. The third kappa shape index (κ3) is 1.82. The molecule has 0 aromatic heterocycles. The van der Waals surface area contributed by atoms with Gasteiger partial charge in [-0.25, -0.2) is 0 Å². The Morgan fingerprint density at radius 3 is 1.44 bits per heavy atom. The summed E-state index contributed by atoms with van der Waals surface area (Å²) in [6.07, 6.45) is 0. The quantitative estimate of drug-likeness (QED) is 0.729. The number of benzene rings is 2. The topological polar surface area (TPSA) is 34.1 Å². The van der Waals surface area contributed by atoms with Crippen molar-refractivity contribution in [2.45, 2.75) is 0 Å². The molecule has 4 heteroatoms. The van der Waals surface area contributed by atoms with Gasteiger partial charge in [-0.15, -0.1) is 0 Å². The second-order valence-corrected chi connectivity index (χ2v) is 3.32. The van der Waals surface area contributed by atoms with Crippen LogP contribution in [0.1, 0.15) is 20.7 Å². The van der Waals surface area contributed by atoms with Gasteiger partial charge in [0, 0.05) is 0 Å². The fraction of sp³-hybridized carbons (Fsp3) is 0. The van der Waals surface area contributed by atoms with Gasteiger partial charge in [-0.05, 0) is 35.0 Å². The molecule has 0 saturated heterocycles. The van der Waals surface area contributed by atoms with Gasteiger partial charge in [-0.1, -0.05) is 12.1 Å². The first kappa shape index (κ1) is 10.4. The third-order valence-corrected chi connectivity index (χ3v) is 2.29. The molecule has 2 aromatic rings. The lowest BCUT2D eigenvalue weighted by Crippen LogP contribution is -1.92. The van der Waals surface area contributed by atoms with E-state index in [0.717, 1.165) is 0 Å². The maximum absolute atomic E-state index is 12.4. The molecule has 0 heterocycles. The van der Waals surface area contributed by atoms with Gasteiger partial charge in [0.1, 0.15) is 0 Å². The highest BCUT2D eigenvalue weighted by atomic mass is 19.1. The van der Waals surface area contributed by atoms with E-state index in [1.54, 1.807) is 0 Å². The molecule has 2 rings (SSSR count). The zero-order valence-corrected chi connectivity index (χ0v) is 8.04. The third-order valence-electron chi connectivity index (χ3n) is 2.29. The van der Waals surface area contributed by atoms with Crippen molar-refractivity contribution in [2.75, 3.05) is 0 Å². The predicted molar refractivity (Wildman–Crippen MR) is 54.8 cm³/mol. The van der Waals surface area contributed by atoms with Crippen LogP contribution in [0.3, 0.4) is 0 Å². The number of carbonyl (C=O) groups is 2. The second kappa shape index (κ2) is 3.81. The van der Waals surface area contributed by atoms with Crippen LogP contribution in [0.2, 0.25) is 0 Å². The Kier molecular flexibility index (Phi) is 2.48. The summed E-state index contributed by atoms with van der Waals surface area (Å²) in [5, 5.41) is 1.15. The largest absolute Gasteiger partial charge is 0.332 e. The highest BCUT2D eigenvalue weighted by Crippen LogP contribution is 2.19. The average Bonchev–Trinajstić information content (AvgIpc) is 2.27. The number of carbonyl (C=O) groups excluding carboxylic acids is 2. The second-order valence-electron chi connectivity index (χ2n) is 3.32. The molecular formula is C12H6F2O2. The lowest BCUT2D eigenvalue weighted by molar-refractivity contribution is 0.0826. The molecule has 0 radical (unpaired) electrons. The van der Waals surface area contributed by atoms with Crippen LogP contribution in [0.5, 0.6) is 0 Å². The van der Waals surface area contributed by atoms with Gasteiger partial charge in [0.25, 0.3) is 0 Å². The van der Waals surface area contributed by atoms with E-state index < -0.39 is 12.1 Å². The molecular weight excluding hydrogens is 214 g/mol. The van der Waals surface area contributed by atoms with E-state index in [0.29, 0.717) is 10.8 Å². The molecule has 0 aliphatic rings. The van der Waals surface area contributed by atoms with Crippen LogP contribution in [0.15, 0.2) is 36.4 Å². The minimum atomic E-state index is -1.52. The summed E-state index contributed by atoms with van der Waals surface area (Å²) < 4.78 is 24.8. The first-order chi connectivity index (χ1) is 7.58. The molecule has 80 valence electrons. The van der Waals surface area contributed by atoms with Crippen molar-refractivity contribution in [1.29, 1.82) is 0 Å². The molecule has 0 unspecified atom stereocenters. The van der Waals surface area contributed by atoms with E-state index in [-0.39, 0.29) is 11.1 Å². The highest BCUT2D eigenvalue weighted by Gasteiger charge is 2.07. The number of rotatable bonds is 2. The van der Waals surface area contributed by atoms with Crippen molar-refractivity contribution < 1.29 is 18.4 Å². The molecule has 0 atom stereocenters. The van der Waals surface area contributed by atoms with E-state index in [1.165, 1.54) is 36.4 Å². The van der Waals surface area contributed by atoms with Crippen molar-refractivity contribution in [2.24, 2.45) is 0 Å². The summed E-state index contributed by atoms with van der Waals surface area (Å²) in [5.74, 6) is 0. The molecule has 2 nitrogen and oxygen atoms in total. The molecule has 16 heavy (non-hydrogen) atoms. The normalized spacial score (nSPS) is 10.4. The van der Waals surface area contributed by atoms with Crippen LogP contribution in [-0.2, 0) is 0 Å². The van der Waals surface area contributed by atoms with Crippen LogP contribution in [0.25, 0.3) is 10.8 Å². The first-order valence-electron chi connectivity index (χ1n) is 4.51. The lowest BCUT2D eigenvalue weighted by atomic mass is 10.0. The Morgan fingerprint density at radius 2 is 1.12 bits per heavy atom. The van der Waals surface area contributed by atoms with Crippen molar-refractivity contribution in [1.82, 2.24) is 0 Å². The molecule has 0 bridgehead atoms. The van der Waals surface area contributed by atoms with Gasteiger partial charge in [0.05, 0.1) is 11.1 Å². The van der Waals surface area contributed by atoms with Crippen molar-refractivity contribution in [3.8, 4) is 0 Å². The van der Waals surface area contributed by atoms with Crippen LogP contribution in [-0.4, -0.2) is 12.1 Å². The zero-order chi connectivity index (χ0) is 11.7. The fourth-order valence-electron chi connectivity index (χ4n) is 1.49. The van der Waals surface area contributed by atoms with E-state index in [4.69, 9.17) is 0 Å². The van der Waals surface area contributed by atoms with Gasteiger partial charge < -0.3 is 0 Å². The van der Waals surface area contributed by atoms with E-state index in [1.807, 2.05) is 0 Å².